The number of esters is 1. The standard InChI is InChI=1S/C27H40N2O4/c1-8-18-19(9-2)25(21-13-11-10-12-20(21)24(18)32-7)33-27(31)23(15-17(5)6)29-26(30)22(28)14-16(3)4/h10-13,16-17,22-23H,8-9,14-15,28H2,1-7H3,(H,29,30). The maximum atomic E-state index is 13.4. The fourth-order valence-electron chi connectivity index (χ4n) is 4.33. The Morgan fingerprint density at radius 3 is 1.91 bits per heavy atom. The van der Waals surface area contributed by atoms with Crippen molar-refractivity contribution in [2.75, 3.05) is 7.11 Å². The van der Waals surface area contributed by atoms with Crippen molar-refractivity contribution < 1.29 is 19.1 Å². The number of hydrogen-bond acceptors (Lipinski definition) is 5. The zero-order valence-electron chi connectivity index (χ0n) is 21.2. The predicted octanol–water partition coefficient (Wildman–Crippen LogP) is 4.78. The first kappa shape index (κ1) is 26.7. The second-order valence-corrected chi connectivity index (χ2v) is 9.42. The van der Waals surface area contributed by atoms with Gasteiger partial charge in [0, 0.05) is 21.9 Å². The number of amides is 1. The number of hydrogen-bond donors (Lipinski definition) is 2. The van der Waals surface area contributed by atoms with Gasteiger partial charge in [0.05, 0.1) is 13.2 Å². The summed E-state index contributed by atoms with van der Waals surface area (Å²) in [5.41, 5.74) is 8.05. The summed E-state index contributed by atoms with van der Waals surface area (Å²) in [5.74, 6) is 1.04. The third kappa shape index (κ3) is 6.47. The van der Waals surface area contributed by atoms with Crippen molar-refractivity contribution in [1.29, 1.82) is 0 Å². The van der Waals surface area contributed by atoms with E-state index in [-0.39, 0.29) is 17.7 Å². The largest absolute Gasteiger partial charge is 0.496 e. The van der Waals surface area contributed by atoms with Crippen LogP contribution in [0.1, 0.15) is 65.5 Å². The number of rotatable bonds is 11. The summed E-state index contributed by atoms with van der Waals surface area (Å²) in [6.45, 7) is 12.2. The molecule has 6 heteroatoms. The number of nitrogens with one attached hydrogen (secondary N) is 1. The molecule has 0 saturated carbocycles. The Kier molecular flexibility index (Phi) is 9.71. The molecule has 0 aliphatic heterocycles. The van der Waals surface area contributed by atoms with E-state index in [2.05, 4.69) is 12.2 Å². The smallest absolute Gasteiger partial charge is 0.334 e. The molecule has 0 radical (unpaired) electrons. The molecule has 2 aromatic rings. The monoisotopic (exact) mass is 456 g/mol. The highest BCUT2D eigenvalue weighted by Gasteiger charge is 2.29. The average Bonchev–Trinajstić information content (AvgIpc) is 2.77. The first-order valence-electron chi connectivity index (χ1n) is 12.0. The van der Waals surface area contributed by atoms with Crippen LogP contribution in [0.25, 0.3) is 10.8 Å². The Labute approximate surface area is 198 Å². The van der Waals surface area contributed by atoms with Crippen molar-refractivity contribution in [3.63, 3.8) is 0 Å². The van der Waals surface area contributed by atoms with Crippen molar-refractivity contribution in [2.45, 2.75) is 79.3 Å². The minimum atomic E-state index is -0.772. The Bertz CT molecular complexity index is 968. The summed E-state index contributed by atoms with van der Waals surface area (Å²) in [6.07, 6.45) is 2.46. The summed E-state index contributed by atoms with van der Waals surface area (Å²) in [7, 11) is 1.67. The average molecular weight is 457 g/mol. The van der Waals surface area contributed by atoms with Gasteiger partial charge in [-0.15, -0.1) is 0 Å². The Morgan fingerprint density at radius 2 is 1.42 bits per heavy atom. The molecule has 0 aliphatic rings. The molecule has 0 fully saturated rings. The van der Waals surface area contributed by atoms with Crippen LogP contribution in [0.5, 0.6) is 11.5 Å². The molecule has 0 bridgehead atoms. The quantitative estimate of drug-likeness (QED) is 0.375. The van der Waals surface area contributed by atoms with Crippen LogP contribution in [0.4, 0.5) is 0 Å². The SMILES string of the molecule is CCc1c(CC)c(OC(=O)C(CC(C)C)NC(=O)C(N)CC(C)C)c2ccccc2c1OC. The summed E-state index contributed by atoms with van der Waals surface area (Å²) in [4.78, 5) is 26.1. The van der Waals surface area contributed by atoms with Crippen molar-refractivity contribution in [3.8, 4) is 11.5 Å². The third-order valence-corrected chi connectivity index (χ3v) is 5.81. The van der Waals surface area contributed by atoms with E-state index >= 15 is 0 Å². The van der Waals surface area contributed by atoms with E-state index in [1.807, 2.05) is 58.9 Å². The van der Waals surface area contributed by atoms with E-state index in [0.717, 1.165) is 34.1 Å². The molecule has 182 valence electrons. The van der Waals surface area contributed by atoms with E-state index in [4.69, 9.17) is 15.2 Å². The lowest BCUT2D eigenvalue weighted by Crippen LogP contribution is -2.50. The lowest BCUT2D eigenvalue weighted by atomic mass is 9.94. The van der Waals surface area contributed by atoms with Gasteiger partial charge in [-0.05, 0) is 37.5 Å². The molecule has 0 aromatic heterocycles. The first-order valence-corrected chi connectivity index (χ1v) is 12.0. The maximum Gasteiger partial charge on any atom is 0.334 e. The van der Waals surface area contributed by atoms with Gasteiger partial charge in [0.1, 0.15) is 17.5 Å². The minimum Gasteiger partial charge on any atom is -0.496 e. The number of methoxy groups -OCH3 is 1. The van der Waals surface area contributed by atoms with Crippen LogP contribution >= 0.6 is 0 Å². The Hall–Kier alpha value is -2.60. The molecule has 0 saturated heterocycles. The second-order valence-electron chi connectivity index (χ2n) is 9.42. The van der Waals surface area contributed by atoms with Gasteiger partial charge in [0.15, 0.2) is 0 Å². The first-order chi connectivity index (χ1) is 15.6. The van der Waals surface area contributed by atoms with Crippen LogP contribution in [-0.4, -0.2) is 31.1 Å². The van der Waals surface area contributed by atoms with Crippen molar-refractivity contribution >= 4 is 22.6 Å². The number of fused-ring (bicyclic) bond motifs is 1. The van der Waals surface area contributed by atoms with E-state index in [9.17, 15) is 9.59 Å². The van der Waals surface area contributed by atoms with E-state index < -0.39 is 18.1 Å². The van der Waals surface area contributed by atoms with Crippen LogP contribution in [0.2, 0.25) is 0 Å². The van der Waals surface area contributed by atoms with Gasteiger partial charge in [-0.3, -0.25) is 4.79 Å². The number of nitrogens with two attached hydrogens (primary N) is 1. The zero-order chi connectivity index (χ0) is 24.7. The van der Waals surface area contributed by atoms with Gasteiger partial charge in [0.2, 0.25) is 5.91 Å². The fraction of sp³-hybridized carbons (Fsp3) is 0.556. The van der Waals surface area contributed by atoms with Crippen molar-refractivity contribution in [1.82, 2.24) is 5.32 Å². The molecule has 0 spiro atoms. The highest BCUT2D eigenvalue weighted by Crippen LogP contribution is 2.41. The van der Waals surface area contributed by atoms with Crippen LogP contribution in [0.3, 0.4) is 0 Å². The lowest BCUT2D eigenvalue weighted by Gasteiger charge is -2.24. The summed E-state index contributed by atoms with van der Waals surface area (Å²) in [6, 6.07) is 6.34. The maximum absolute atomic E-state index is 13.4. The van der Waals surface area contributed by atoms with Crippen LogP contribution in [0.15, 0.2) is 24.3 Å². The topological polar surface area (TPSA) is 90.7 Å². The highest BCUT2D eigenvalue weighted by molar-refractivity contribution is 5.98. The molecular formula is C27H40N2O4. The van der Waals surface area contributed by atoms with Gasteiger partial charge in [-0.25, -0.2) is 4.79 Å². The normalized spacial score (nSPS) is 13.3. The summed E-state index contributed by atoms with van der Waals surface area (Å²) < 4.78 is 11.8. The van der Waals surface area contributed by atoms with Crippen LogP contribution < -0.4 is 20.5 Å². The highest BCUT2D eigenvalue weighted by atomic mass is 16.5. The van der Waals surface area contributed by atoms with Gasteiger partial charge < -0.3 is 20.5 Å². The van der Waals surface area contributed by atoms with E-state index in [0.29, 0.717) is 25.0 Å². The number of carbonyl (C=O) groups excluding carboxylic acids is 2. The van der Waals surface area contributed by atoms with Gasteiger partial charge in [-0.1, -0.05) is 65.8 Å². The summed E-state index contributed by atoms with van der Waals surface area (Å²) in [5, 5.41) is 4.57. The summed E-state index contributed by atoms with van der Waals surface area (Å²) >= 11 is 0. The third-order valence-electron chi connectivity index (χ3n) is 5.81. The zero-order valence-corrected chi connectivity index (χ0v) is 21.2. The molecule has 3 N–H and O–H groups in total. The van der Waals surface area contributed by atoms with E-state index in [1.165, 1.54) is 0 Å². The second kappa shape index (κ2) is 12.0. The molecular weight excluding hydrogens is 416 g/mol. The van der Waals surface area contributed by atoms with E-state index in [1.54, 1.807) is 7.11 Å². The van der Waals surface area contributed by atoms with Gasteiger partial charge in [0.25, 0.3) is 0 Å². The molecule has 0 heterocycles. The minimum absolute atomic E-state index is 0.189. The molecule has 2 unspecified atom stereocenters. The number of benzene rings is 2. The molecule has 33 heavy (non-hydrogen) atoms. The van der Waals surface area contributed by atoms with Crippen LogP contribution in [0, 0.1) is 11.8 Å². The molecule has 1 amide bonds. The predicted molar refractivity (Wildman–Crippen MR) is 134 cm³/mol. The number of carbonyl (C=O) groups is 2. The van der Waals surface area contributed by atoms with Crippen LogP contribution in [-0.2, 0) is 22.4 Å². The molecule has 2 rings (SSSR count). The lowest BCUT2D eigenvalue weighted by molar-refractivity contribution is -0.140. The fourth-order valence-corrected chi connectivity index (χ4v) is 4.33. The Morgan fingerprint density at radius 1 is 0.909 bits per heavy atom. The Balaban J connectivity index is 2.46. The molecule has 2 aromatic carbocycles. The molecule has 6 nitrogen and oxygen atoms in total. The molecule has 0 aliphatic carbocycles. The van der Waals surface area contributed by atoms with Crippen molar-refractivity contribution in [3.05, 3.63) is 35.4 Å². The van der Waals surface area contributed by atoms with Gasteiger partial charge in [-0.2, -0.15) is 0 Å². The van der Waals surface area contributed by atoms with Gasteiger partial charge >= 0.3 is 5.97 Å². The molecule has 2 atom stereocenters. The van der Waals surface area contributed by atoms with Crippen molar-refractivity contribution in [2.24, 2.45) is 17.6 Å². The number of ether oxygens (including phenoxy) is 2.